The number of carbonyl (C=O) groups is 2. The number of Topliss-reactive ketones (excluding diaryl/α,β-unsaturated/α-hetero) is 1. The molecule has 1 N–H and O–H groups in total. The van der Waals surface area contributed by atoms with E-state index < -0.39 is 12.3 Å². The normalized spacial score (nSPS) is 14.2. The lowest BCUT2D eigenvalue weighted by Crippen LogP contribution is -2.25. The minimum atomic E-state index is -0.804. The Morgan fingerprint density at radius 3 is 2.48 bits per heavy atom. The molecule has 0 radical (unpaired) electrons. The SMILES string of the molecule is CCC[C@H](Oc1ccc(CCC(=O)O)c(C)c1)Oc1ccc(CC)cc1C(=O)C1CC1. The Balaban J connectivity index is 1.76. The standard InChI is InChI=1S/C26H32O5/c1-4-6-25(30-21-12-10-19(17(3)15-21)11-14-24(27)28)31-23-13-7-18(5-2)16-22(23)26(29)20-8-9-20/h7,10,12-13,15-16,20,25H,4-6,8-9,11,14H2,1-3H3,(H,27,28)/t25-/m1/s1. The molecule has 0 aromatic heterocycles. The molecule has 5 nitrogen and oxygen atoms in total. The van der Waals surface area contributed by atoms with E-state index in [1.165, 1.54) is 0 Å². The van der Waals surface area contributed by atoms with Crippen molar-refractivity contribution in [2.45, 2.75) is 72.0 Å². The second kappa shape index (κ2) is 10.5. The van der Waals surface area contributed by atoms with Gasteiger partial charge in [0, 0.05) is 18.8 Å². The molecule has 1 aliphatic carbocycles. The summed E-state index contributed by atoms with van der Waals surface area (Å²) >= 11 is 0. The molecule has 0 aliphatic heterocycles. The molecule has 0 spiro atoms. The van der Waals surface area contributed by atoms with Crippen molar-refractivity contribution >= 4 is 11.8 Å². The third kappa shape index (κ3) is 6.33. The molecule has 2 aromatic rings. The van der Waals surface area contributed by atoms with E-state index in [1.54, 1.807) is 0 Å². The van der Waals surface area contributed by atoms with Crippen molar-refractivity contribution in [3.63, 3.8) is 0 Å². The topological polar surface area (TPSA) is 72.8 Å². The second-order valence-electron chi connectivity index (χ2n) is 8.26. The molecule has 0 bridgehead atoms. The molecule has 1 atom stereocenters. The van der Waals surface area contributed by atoms with Gasteiger partial charge in [0.05, 0.1) is 5.56 Å². The van der Waals surface area contributed by atoms with Crippen molar-refractivity contribution in [2.75, 3.05) is 0 Å². The smallest absolute Gasteiger partial charge is 0.303 e. The number of carbonyl (C=O) groups excluding carboxylic acids is 1. The van der Waals surface area contributed by atoms with Crippen LogP contribution < -0.4 is 9.47 Å². The van der Waals surface area contributed by atoms with Crippen molar-refractivity contribution in [3.8, 4) is 11.5 Å². The molecule has 1 fully saturated rings. The maximum absolute atomic E-state index is 12.8. The summed E-state index contributed by atoms with van der Waals surface area (Å²) in [6.45, 7) is 6.10. The highest BCUT2D eigenvalue weighted by Crippen LogP contribution is 2.36. The molecular weight excluding hydrogens is 392 g/mol. The van der Waals surface area contributed by atoms with Crippen LogP contribution in [-0.4, -0.2) is 23.1 Å². The Bertz CT molecular complexity index is 929. The largest absolute Gasteiger partial charge is 0.481 e. The molecule has 2 aromatic carbocycles. The highest BCUT2D eigenvalue weighted by molar-refractivity contribution is 6.01. The molecule has 0 heterocycles. The van der Waals surface area contributed by atoms with E-state index >= 15 is 0 Å². The van der Waals surface area contributed by atoms with Gasteiger partial charge in [-0.15, -0.1) is 0 Å². The lowest BCUT2D eigenvalue weighted by atomic mass is 10.0. The van der Waals surface area contributed by atoms with Crippen molar-refractivity contribution in [1.82, 2.24) is 0 Å². The first-order chi connectivity index (χ1) is 14.9. The van der Waals surface area contributed by atoms with Gasteiger partial charge in [-0.25, -0.2) is 0 Å². The molecule has 0 unspecified atom stereocenters. The van der Waals surface area contributed by atoms with Crippen LogP contribution >= 0.6 is 0 Å². The van der Waals surface area contributed by atoms with Crippen LogP contribution in [0.15, 0.2) is 36.4 Å². The van der Waals surface area contributed by atoms with Gasteiger partial charge in [0.1, 0.15) is 11.5 Å². The van der Waals surface area contributed by atoms with E-state index in [0.717, 1.165) is 42.4 Å². The van der Waals surface area contributed by atoms with Gasteiger partial charge >= 0.3 is 5.97 Å². The summed E-state index contributed by atoms with van der Waals surface area (Å²) in [6.07, 6.45) is 4.43. The Morgan fingerprint density at radius 2 is 1.87 bits per heavy atom. The van der Waals surface area contributed by atoms with Gasteiger partial charge in [-0.1, -0.05) is 26.0 Å². The zero-order chi connectivity index (χ0) is 22.4. The van der Waals surface area contributed by atoms with Crippen molar-refractivity contribution < 1.29 is 24.2 Å². The van der Waals surface area contributed by atoms with E-state index in [1.807, 2.05) is 43.3 Å². The van der Waals surface area contributed by atoms with Gasteiger partial charge in [0.25, 0.3) is 0 Å². The summed E-state index contributed by atoms with van der Waals surface area (Å²) in [5, 5.41) is 8.91. The second-order valence-corrected chi connectivity index (χ2v) is 8.26. The van der Waals surface area contributed by atoms with Crippen LogP contribution in [0.25, 0.3) is 0 Å². The average Bonchev–Trinajstić information content (AvgIpc) is 3.58. The first-order valence-corrected chi connectivity index (χ1v) is 11.2. The van der Waals surface area contributed by atoms with Crippen LogP contribution in [0.5, 0.6) is 11.5 Å². The van der Waals surface area contributed by atoms with Gasteiger partial charge in [0.2, 0.25) is 6.29 Å². The molecule has 5 heteroatoms. The maximum Gasteiger partial charge on any atom is 0.303 e. The van der Waals surface area contributed by atoms with Gasteiger partial charge in [-0.3, -0.25) is 9.59 Å². The number of aryl methyl sites for hydroxylation is 3. The third-order valence-corrected chi connectivity index (χ3v) is 5.64. The van der Waals surface area contributed by atoms with E-state index in [9.17, 15) is 9.59 Å². The van der Waals surface area contributed by atoms with Crippen LogP contribution in [0.1, 0.15) is 73.0 Å². The monoisotopic (exact) mass is 424 g/mol. The fourth-order valence-electron chi connectivity index (χ4n) is 3.59. The Hall–Kier alpha value is -2.82. The third-order valence-electron chi connectivity index (χ3n) is 5.64. The minimum absolute atomic E-state index is 0.105. The molecule has 0 amide bonds. The molecule has 1 aliphatic rings. The number of ketones is 1. The molecule has 0 saturated heterocycles. The van der Waals surface area contributed by atoms with Crippen LogP contribution in [0.4, 0.5) is 0 Å². The predicted molar refractivity (Wildman–Crippen MR) is 120 cm³/mol. The van der Waals surface area contributed by atoms with Crippen LogP contribution in [-0.2, 0) is 17.6 Å². The number of carboxylic acids is 1. The number of ether oxygens (including phenoxy) is 2. The predicted octanol–water partition coefficient (Wildman–Crippen LogP) is 5.75. The Kier molecular flexibility index (Phi) is 7.72. The number of aliphatic carboxylic acids is 1. The van der Waals surface area contributed by atoms with E-state index in [-0.39, 0.29) is 18.1 Å². The van der Waals surface area contributed by atoms with Gasteiger partial charge < -0.3 is 14.6 Å². The number of benzene rings is 2. The van der Waals surface area contributed by atoms with Crippen molar-refractivity contribution in [2.24, 2.45) is 5.92 Å². The average molecular weight is 425 g/mol. The van der Waals surface area contributed by atoms with Crippen molar-refractivity contribution in [1.29, 1.82) is 0 Å². The van der Waals surface area contributed by atoms with Crippen LogP contribution in [0.2, 0.25) is 0 Å². The van der Waals surface area contributed by atoms with E-state index in [2.05, 4.69) is 13.8 Å². The zero-order valence-electron chi connectivity index (χ0n) is 18.6. The van der Waals surface area contributed by atoms with E-state index in [0.29, 0.717) is 29.9 Å². The summed E-state index contributed by atoms with van der Waals surface area (Å²) < 4.78 is 12.4. The summed E-state index contributed by atoms with van der Waals surface area (Å²) in [5.41, 5.74) is 3.77. The summed E-state index contributed by atoms with van der Waals surface area (Å²) in [4.78, 5) is 23.7. The van der Waals surface area contributed by atoms with Crippen LogP contribution in [0.3, 0.4) is 0 Å². The minimum Gasteiger partial charge on any atom is -0.481 e. The number of carboxylic acid groups (broad SMARTS) is 1. The fraction of sp³-hybridized carbons (Fsp3) is 0.462. The summed E-state index contributed by atoms with van der Waals surface area (Å²) in [7, 11) is 0. The lowest BCUT2D eigenvalue weighted by molar-refractivity contribution is -0.136. The molecular formula is C26H32O5. The van der Waals surface area contributed by atoms with Gasteiger partial charge in [0.15, 0.2) is 5.78 Å². The van der Waals surface area contributed by atoms with Gasteiger partial charge in [-0.05, 0) is 80.0 Å². The highest BCUT2D eigenvalue weighted by atomic mass is 16.7. The first kappa shape index (κ1) is 22.9. The van der Waals surface area contributed by atoms with E-state index in [4.69, 9.17) is 14.6 Å². The molecule has 31 heavy (non-hydrogen) atoms. The Morgan fingerprint density at radius 1 is 1.10 bits per heavy atom. The zero-order valence-corrected chi connectivity index (χ0v) is 18.6. The number of hydrogen-bond donors (Lipinski definition) is 1. The highest BCUT2D eigenvalue weighted by Gasteiger charge is 2.32. The van der Waals surface area contributed by atoms with Crippen LogP contribution in [0, 0.1) is 12.8 Å². The fourth-order valence-corrected chi connectivity index (χ4v) is 3.59. The number of rotatable bonds is 12. The summed E-state index contributed by atoms with van der Waals surface area (Å²) in [6, 6.07) is 11.5. The molecule has 1 saturated carbocycles. The van der Waals surface area contributed by atoms with Gasteiger partial charge in [-0.2, -0.15) is 0 Å². The summed E-state index contributed by atoms with van der Waals surface area (Å²) in [5.74, 6) is 0.750. The molecule has 166 valence electrons. The maximum atomic E-state index is 12.8. The molecule has 3 rings (SSSR count). The lowest BCUT2D eigenvalue weighted by Gasteiger charge is -2.22. The first-order valence-electron chi connectivity index (χ1n) is 11.2. The Labute approximate surface area is 184 Å². The van der Waals surface area contributed by atoms with Crippen molar-refractivity contribution in [3.05, 3.63) is 58.7 Å². The quantitative estimate of drug-likeness (QED) is 0.347. The number of hydrogen-bond acceptors (Lipinski definition) is 4.